The van der Waals surface area contributed by atoms with Crippen molar-refractivity contribution in [1.29, 1.82) is 0 Å². The second-order valence-electron chi connectivity index (χ2n) is 4.74. The Morgan fingerprint density at radius 1 is 1.47 bits per heavy atom. The average molecular weight is 205 g/mol. The fourth-order valence-corrected chi connectivity index (χ4v) is 2.28. The Morgan fingerprint density at radius 3 is 3.13 bits per heavy atom. The summed E-state index contributed by atoms with van der Waals surface area (Å²) in [6, 6.07) is 0. The number of likely N-dealkylation sites (N-methyl/N-ethyl adjacent to an activating group) is 2. The molecule has 1 aliphatic carbocycles. The number of hydrogen-bond donors (Lipinski definition) is 1. The lowest BCUT2D eigenvalue weighted by atomic mass is 9.93. The van der Waals surface area contributed by atoms with Crippen molar-refractivity contribution in [3.8, 4) is 0 Å². The third-order valence-corrected chi connectivity index (χ3v) is 3.33. The van der Waals surface area contributed by atoms with E-state index in [4.69, 9.17) is 0 Å². The first kappa shape index (κ1) is 10.7. The molecular formula is C13H21N2+. The van der Waals surface area contributed by atoms with Crippen LogP contribution in [0.25, 0.3) is 0 Å². The second kappa shape index (κ2) is 4.33. The zero-order chi connectivity index (χ0) is 10.7. The predicted molar refractivity (Wildman–Crippen MR) is 64.4 cm³/mol. The molecule has 0 radical (unpaired) electrons. The molecule has 0 saturated carbocycles. The molecule has 2 nitrogen and oxygen atoms in total. The van der Waals surface area contributed by atoms with Crippen LogP contribution in [0.3, 0.4) is 0 Å². The van der Waals surface area contributed by atoms with E-state index in [2.05, 4.69) is 36.8 Å². The number of fused-ring (bicyclic) bond motifs is 1. The maximum Gasteiger partial charge on any atom is 0.103 e. The Morgan fingerprint density at radius 2 is 2.33 bits per heavy atom. The van der Waals surface area contributed by atoms with Crippen molar-refractivity contribution in [1.82, 2.24) is 5.32 Å². The number of allylic oxidation sites excluding steroid dienone is 4. The minimum Gasteiger partial charge on any atom is -0.315 e. The van der Waals surface area contributed by atoms with Gasteiger partial charge in [-0.25, -0.2) is 0 Å². The topological polar surface area (TPSA) is 12.0 Å². The van der Waals surface area contributed by atoms with Crippen LogP contribution in [0.2, 0.25) is 0 Å². The molecule has 0 fully saturated rings. The Labute approximate surface area is 92.6 Å². The van der Waals surface area contributed by atoms with Crippen LogP contribution in [0.15, 0.2) is 35.6 Å². The fraction of sp³-hybridized carbons (Fsp3) is 0.538. The number of quaternary nitrogens is 1. The molecule has 0 aromatic carbocycles. The van der Waals surface area contributed by atoms with E-state index in [0.717, 1.165) is 24.1 Å². The quantitative estimate of drug-likeness (QED) is 0.693. The highest BCUT2D eigenvalue weighted by Crippen LogP contribution is 2.28. The monoisotopic (exact) mass is 205 g/mol. The van der Waals surface area contributed by atoms with Crippen LogP contribution < -0.4 is 5.32 Å². The van der Waals surface area contributed by atoms with Crippen LogP contribution >= 0.6 is 0 Å². The molecule has 1 atom stereocenters. The van der Waals surface area contributed by atoms with Crippen LogP contribution in [0.4, 0.5) is 0 Å². The molecule has 2 aliphatic rings. The summed E-state index contributed by atoms with van der Waals surface area (Å²) in [6.45, 7) is 3.39. The van der Waals surface area contributed by atoms with E-state index in [1.54, 1.807) is 5.57 Å². The molecule has 1 unspecified atom stereocenters. The fourth-order valence-electron chi connectivity index (χ4n) is 2.28. The Bertz CT molecular complexity index is 325. The van der Waals surface area contributed by atoms with Crippen LogP contribution in [-0.4, -0.2) is 38.2 Å². The minimum absolute atomic E-state index is 1.03. The predicted octanol–water partition coefficient (Wildman–Crippen LogP) is 1.83. The molecule has 0 amide bonds. The van der Waals surface area contributed by atoms with E-state index in [9.17, 15) is 0 Å². The molecule has 0 aromatic rings. The molecule has 0 spiro atoms. The normalized spacial score (nSPS) is 29.5. The summed E-state index contributed by atoms with van der Waals surface area (Å²) in [7, 11) is 4.32. The van der Waals surface area contributed by atoms with Gasteiger partial charge < -0.3 is 5.32 Å². The zero-order valence-electron chi connectivity index (χ0n) is 9.79. The molecule has 1 N–H and O–H groups in total. The maximum absolute atomic E-state index is 3.23. The summed E-state index contributed by atoms with van der Waals surface area (Å²) in [4.78, 5) is 0. The van der Waals surface area contributed by atoms with Gasteiger partial charge in [0, 0.05) is 12.1 Å². The van der Waals surface area contributed by atoms with Crippen LogP contribution in [-0.2, 0) is 0 Å². The van der Waals surface area contributed by atoms with Crippen molar-refractivity contribution in [3.05, 3.63) is 35.6 Å². The lowest BCUT2D eigenvalue weighted by molar-refractivity contribution is -0.853. The lowest BCUT2D eigenvalue weighted by Crippen LogP contribution is -2.44. The summed E-state index contributed by atoms with van der Waals surface area (Å²) < 4.78 is 1.03. The van der Waals surface area contributed by atoms with E-state index in [1.165, 1.54) is 18.4 Å². The molecule has 0 saturated heterocycles. The third kappa shape index (κ3) is 2.39. The van der Waals surface area contributed by atoms with Crippen molar-refractivity contribution in [2.24, 2.45) is 0 Å². The van der Waals surface area contributed by atoms with E-state index in [0.29, 0.717) is 0 Å². The van der Waals surface area contributed by atoms with Gasteiger partial charge in [0.25, 0.3) is 0 Å². The van der Waals surface area contributed by atoms with E-state index >= 15 is 0 Å². The molecule has 2 heteroatoms. The van der Waals surface area contributed by atoms with Gasteiger partial charge in [0.05, 0.1) is 13.6 Å². The van der Waals surface area contributed by atoms with Gasteiger partial charge in [0.1, 0.15) is 12.7 Å². The van der Waals surface area contributed by atoms with E-state index in [1.807, 2.05) is 7.05 Å². The van der Waals surface area contributed by atoms with E-state index < -0.39 is 0 Å². The third-order valence-electron chi connectivity index (χ3n) is 3.33. The van der Waals surface area contributed by atoms with Crippen molar-refractivity contribution in [3.63, 3.8) is 0 Å². The smallest absolute Gasteiger partial charge is 0.103 e. The van der Waals surface area contributed by atoms with Crippen molar-refractivity contribution in [2.75, 3.05) is 33.7 Å². The summed E-state index contributed by atoms with van der Waals surface area (Å²) in [5.41, 5.74) is 3.00. The molecule has 82 valence electrons. The highest BCUT2D eigenvalue weighted by atomic mass is 15.3. The van der Waals surface area contributed by atoms with Crippen LogP contribution in [0, 0.1) is 0 Å². The highest BCUT2D eigenvalue weighted by Gasteiger charge is 2.24. The lowest BCUT2D eigenvalue weighted by Gasteiger charge is -2.34. The summed E-state index contributed by atoms with van der Waals surface area (Å²) >= 11 is 0. The van der Waals surface area contributed by atoms with Crippen molar-refractivity contribution in [2.45, 2.75) is 12.8 Å². The molecule has 1 heterocycles. The van der Waals surface area contributed by atoms with Gasteiger partial charge >= 0.3 is 0 Å². The molecule has 0 bridgehead atoms. The Hall–Kier alpha value is -0.860. The van der Waals surface area contributed by atoms with Crippen LogP contribution in [0.1, 0.15) is 12.8 Å². The molecule has 2 rings (SSSR count). The molecular weight excluding hydrogens is 184 g/mol. The molecule has 1 aliphatic heterocycles. The SMILES string of the molecule is CNCC[N+]1(C)C=C2C=CCCC2=CC1. The number of nitrogens with one attached hydrogen (secondary N) is 1. The summed E-state index contributed by atoms with van der Waals surface area (Å²) in [6.07, 6.45) is 11.9. The first-order valence-corrected chi connectivity index (χ1v) is 5.81. The van der Waals surface area contributed by atoms with E-state index in [-0.39, 0.29) is 0 Å². The largest absolute Gasteiger partial charge is 0.315 e. The molecule has 15 heavy (non-hydrogen) atoms. The molecule has 0 aromatic heterocycles. The number of rotatable bonds is 3. The minimum atomic E-state index is 1.03. The zero-order valence-corrected chi connectivity index (χ0v) is 9.79. The summed E-state index contributed by atoms with van der Waals surface area (Å²) in [5.74, 6) is 0. The number of nitrogens with zero attached hydrogens (tertiary/aromatic N) is 1. The second-order valence-corrected chi connectivity index (χ2v) is 4.74. The van der Waals surface area contributed by atoms with Crippen molar-refractivity contribution >= 4 is 0 Å². The van der Waals surface area contributed by atoms with Gasteiger partial charge in [-0.3, -0.25) is 4.48 Å². The van der Waals surface area contributed by atoms with Gasteiger partial charge in [-0.2, -0.15) is 0 Å². The standard InChI is InChI=1S/C13H21N2/c1-14-8-10-15(2)9-7-12-5-3-4-6-13(12)11-15/h4,6-7,11,14H,3,5,8-10H2,1-2H3/q+1. The Kier molecular flexibility index (Phi) is 3.08. The first-order valence-electron chi connectivity index (χ1n) is 5.81. The highest BCUT2D eigenvalue weighted by molar-refractivity contribution is 5.42. The van der Waals surface area contributed by atoms with Gasteiger partial charge in [-0.1, -0.05) is 12.2 Å². The van der Waals surface area contributed by atoms with Crippen molar-refractivity contribution < 1.29 is 4.48 Å². The average Bonchev–Trinajstić information content (AvgIpc) is 2.26. The van der Waals surface area contributed by atoms with Gasteiger partial charge in [-0.05, 0) is 31.5 Å². The summed E-state index contributed by atoms with van der Waals surface area (Å²) in [5, 5.41) is 3.23. The van der Waals surface area contributed by atoms with Gasteiger partial charge in [0.15, 0.2) is 0 Å². The maximum atomic E-state index is 3.23. The van der Waals surface area contributed by atoms with Crippen LogP contribution in [0.5, 0.6) is 0 Å². The van der Waals surface area contributed by atoms with Gasteiger partial charge in [-0.15, -0.1) is 0 Å². The van der Waals surface area contributed by atoms with Gasteiger partial charge in [0.2, 0.25) is 0 Å². The number of hydrogen-bond acceptors (Lipinski definition) is 1. The Balaban J connectivity index is 2.13. The first-order chi connectivity index (χ1) is 7.23.